The van der Waals surface area contributed by atoms with Crippen LogP contribution in [0.25, 0.3) is 0 Å². The van der Waals surface area contributed by atoms with Gasteiger partial charge in [-0.2, -0.15) is 5.26 Å². The second-order valence-corrected chi connectivity index (χ2v) is 6.62. The fourth-order valence-electron chi connectivity index (χ4n) is 2.65. The lowest BCUT2D eigenvalue weighted by Crippen LogP contribution is -2.35. The van der Waals surface area contributed by atoms with Gasteiger partial charge in [-0.25, -0.2) is 0 Å². The highest BCUT2D eigenvalue weighted by Crippen LogP contribution is 2.47. The minimum absolute atomic E-state index is 0.291. The molecule has 0 radical (unpaired) electrons. The van der Waals surface area contributed by atoms with Gasteiger partial charge in [0.1, 0.15) is 5.41 Å². The van der Waals surface area contributed by atoms with Gasteiger partial charge in [0.05, 0.1) is 11.6 Å². The Bertz CT molecular complexity index is 860. The molecule has 6 heteroatoms. The Morgan fingerprint density at radius 1 is 0.923 bits per heavy atom. The molecule has 0 aliphatic heterocycles. The van der Waals surface area contributed by atoms with Gasteiger partial charge in [0, 0.05) is 31.2 Å². The van der Waals surface area contributed by atoms with Crippen molar-refractivity contribution in [1.82, 2.24) is 0 Å². The van der Waals surface area contributed by atoms with Gasteiger partial charge in [-0.15, -0.1) is 0 Å². The molecule has 132 valence electrons. The van der Waals surface area contributed by atoms with Crippen molar-refractivity contribution in [1.29, 1.82) is 5.26 Å². The zero-order valence-electron chi connectivity index (χ0n) is 14.7. The van der Waals surface area contributed by atoms with E-state index in [1.165, 1.54) is 0 Å². The maximum atomic E-state index is 12.6. The van der Waals surface area contributed by atoms with E-state index in [4.69, 9.17) is 5.26 Å². The Kier molecular flexibility index (Phi) is 4.63. The van der Waals surface area contributed by atoms with Gasteiger partial charge in [-0.1, -0.05) is 0 Å². The van der Waals surface area contributed by atoms with Crippen LogP contribution in [-0.4, -0.2) is 25.9 Å². The highest BCUT2D eigenvalue weighted by atomic mass is 16.2. The Labute approximate surface area is 152 Å². The summed E-state index contributed by atoms with van der Waals surface area (Å²) in [5.74, 6) is -0.606. The van der Waals surface area contributed by atoms with Gasteiger partial charge in [-0.05, 0) is 61.4 Å². The normalized spacial score (nSPS) is 14.0. The first kappa shape index (κ1) is 17.5. The predicted molar refractivity (Wildman–Crippen MR) is 101 cm³/mol. The number of benzene rings is 2. The zero-order valence-corrected chi connectivity index (χ0v) is 14.7. The summed E-state index contributed by atoms with van der Waals surface area (Å²) in [6.07, 6.45) is 1.05. The van der Waals surface area contributed by atoms with E-state index in [1.807, 2.05) is 49.3 Å². The first-order valence-electron chi connectivity index (χ1n) is 8.35. The SMILES string of the molecule is CN(C)c1ccc(NC(=O)C2(C(=O)Nc3ccc(C#N)cc3)CC2)cc1. The van der Waals surface area contributed by atoms with Crippen LogP contribution in [0.2, 0.25) is 0 Å². The monoisotopic (exact) mass is 348 g/mol. The molecule has 0 spiro atoms. The van der Waals surface area contributed by atoms with Crippen LogP contribution in [0.15, 0.2) is 48.5 Å². The average Bonchev–Trinajstić information content (AvgIpc) is 3.45. The fraction of sp³-hybridized carbons (Fsp3) is 0.250. The van der Waals surface area contributed by atoms with E-state index in [0.717, 1.165) is 5.69 Å². The summed E-state index contributed by atoms with van der Waals surface area (Å²) in [5, 5.41) is 14.4. The maximum Gasteiger partial charge on any atom is 0.240 e. The first-order valence-corrected chi connectivity index (χ1v) is 8.35. The van der Waals surface area contributed by atoms with Crippen molar-refractivity contribution in [2.75, 3.05) is 29.6 Å². The number of amides is 2. The van der Waals surface area contributed by atoms with E-state index in [-0.39, 0.29) is 11.8 Å². The van der Waals surface area contributed by atoms with Crippen LogP contribution in [0, 0.1) is 16.7 Å². The second-order valence-electron chi connectivity index (χ2n) is 6.62. The number of nitrogens with zero attached hydrogens (tertiary/aromatic N) is 2. The third kappa shape index (κ3) is 3.52. The van der Waals surface area contributed by atoms with Crippen molar-refractivity contribution in [2.24, 2.45) is 5.41 Å². The summed E-state index contributed by atoms with van der Waals surface area (Å²) in [6.45, 7) is 0. The van der Waals surface area contributed by atoms with Crippen LogP contribution in [0.5, 0.6) is 0 Å². The topological polar surface area (TPSA) is 85.2 Å². The summed E-state index contributed by atoms with van der Waals surface area (Å²) >= 11 is 0. The Balaban J connectivity index is 1.66. The number of rotatable bonds is 5. The van der Waals surface area contributed by atoms with Crippen molar-refractivity contribution in [3.8, 4) is 6.07 Å². The molecule has 26 heavy (non-hydrogen) atoms. The molecule has 3 rings (SSSR count). The van der Waals surface area contributed by atoms with E-state index in [1.54, 1.807) is 24.3 Å². The molecule has 2 amide bonds. The van der Waals surface area contributed by atoms with Crippen LogP contribution in [0.1, 0.15) is 18.4 Å². The van der Waals surface area contributed by atoms with Crippen molar-refractivity contribution < 1.29 is 9.59 Å². The largest absolute Gasteiger partial charge is 0.378 e. The molecule has 0 saturated heterocycles. The molecule has 1 fully saturated rings. The molecule has 0 heterocycles. The lowest BCUT2D eigenvalue weighted by Gasteiger charge is -2.17. The molecule has 1 saturated carbocycles. The van der Waals surface area contributed by atoms with E-state index < -0.39 is 5.41 Å². The number of carbonyl (C=O) groups is 2. The Morgan fingerprint density at radius 2 is 1.38 bits per heavy atom. The van der Waals surface area contributed by atoms with Crippen LogP contribution in [0.3, 0.4) is 0 Å². The molecular formula is C20H20N4O2. The number of carbonyl (C=O) groups excluding carboxylic acids is 2. The molecule has 0 atom stereocenters. The number of hydrogen-bond acceptors (Lipinski definition) is 4. The Morgan fingerprint density at radius 3 is 1.77 bits per heavy atom. The number of anilines is 3. The fourth-order valence-corrected chi connectivity index (χ4v) is 2.65. The van der Waals surface area contributed by atoms with Crippen LogP contribution in [-0.2, 0) is 9.59 Å². The molecule has 1 aliphatic carbocycles. The molecule has 0 aromatic heterocycles. The van der Waals surface area contributed by atoms with Gasteiger partial charge in [0.25, 0.3) is 0 Å². The number of hydrogen-bond donors (Lipinski definition) is 2. The van der Waals surface area contributed by atoms with Crippen LogP contribution >= 0.6 is 0 Å². The third-order valence-corrected chi connectivity index (χ3v) is 4.53. The van der Waals surface area contributed by atoms with Gasteiger partial charge in [0.2, 0.25) is 11.8 Å². The zero-order chi connectivity index (χ0) is 18.7. The molecule has 1 aliphatic rings. The smallest absolute Gasteiger partial charge is 0.240 e. The van der Waals surface area contributed by atoms with Gasteiger partial charge in [-0.3, -0.25) is 9.59 Å². The number of nitrogens with one attached hydrogen (secondary N) is 2. The van der Waals surface area contributed by atoms with E-state index in [0.29, 0.717) is 29.8 Å². The van der Waals surface area contributed by atoms with Gasteiger partial charge >= 0.3 is 0 Å². The van der Waals surface area contributed by atoms with E-state index >= 15 is 0 Å². The molecule has 2 N–H and O–H groups in total. The predicted octanol–water partition coefficient (Wildman–Crippen LogP) is 2.98. The molecule has 2 aromatic carbocycles. The standard InChI is InChI=1S/C20H20N4O2/c1-24(2)17-9-7-16(8-10-17)23-19(26)20(11-12-20)18(25)22-15-5-3-14(13-21)4-6-15/h3-10H,11-12H2,1-2H3,(H,22,25)(H,23,26). The molecule has 2 aromatic rings. The average molecular weight is 348 g/mol. The minimum atomic E-state index is -1.02. The van der Waals surface area contributed by atoms with E-state index in [9.17, 15) is 9.59 Å². The van der Waals surface area contributed by atoms with E-state index in [2.05, 4.69) is 10.6 Å². The summed E-state index contributed by atoms with van der Waals surface area (Å²) in [5.41, 5.74) is 1.76. The van der Waals surface area contributed by atoms with Crippen molar-refractivity contribution >= 4 is 28.9 Å². The molecule has 0 bridgehead atoms. The third-order valence-electron chi connectivity index (χ3n) is 4.53. The van der Waals surface area contributed by atoms with Gasteiger partial charge < -0.3 is 15.5 Å². The van der Waals surface area contributed by atoms with Gasteiger partial charge in [0.15, 0.2) is 0 Å². The number of nitriles is 1. The molecule has 0 unspecified atom stereocenters. The lowest BCUT2D eigenvalue weighted by atomic mass is 10.0. The lowest BCUT2D eigenvalue weighted by molar-refractivity contribution is -0.131. The summed E-state index contributed by atoms with van der Waals surface area (Å²) in [7, 11) is 3.89. The van der Waals surface area contributed by atoms with Crippen molar-refractivity contribution in [3.05, 3.63) is 54.1 Å². The highest BCUT2D eigenvalue weighted by Gasteiger charge is 2.56. The summed E-state index contributed by atoms with van der Waals surface area (Å²) in [6, 6.07) is 16.1. The second kappa shape index (κ2) is 6.89. The highest BCUT2D eigenvalue weighted by molar-refractivity contribution is 6.16. The maximum absolute atomic E-state index is 12.6. The minimum Gasteiger partial charge on any atom is -0.378 e. The Hall–Kier alpha value is -3.33. The van der Waals surface area contributed by atoms with Crippen molar-refractivity contribution in [3.63, 3.8) is 0 Å². The summed E-state index contributed by atoms with van der Waals surface area (Å²) in [4.78, 5) is 27.2. The van der Waals surface area contributed by atoms with Crippen LogP contribution in [0.4, 0.5) is 17.1 Å². The van der Waals surface area contributed by atoms with Crippen molar-refractivity contribution in [2.45, 2.75) is 12.8 Å². The summed E-state index contributed by atoms with van der Waals surface area (Å²) < 4.78 is 0. The molecular weight excluding hydrogens is 328 g/mol. The first-order chi connectivity index (χ1) is 12.4. The quantitative estimate of drug-likeness (QED) is 0.814. The van der Waals surface area contributed by atoms with Crippen LogP contribution < -0.4 is 15.5 Å². The molecule has 6 nitrogen and oxygen atoms in total.